The highest BCUT2D eigenvalue weighted by molar-refractivity contribution is 6.44. The number of hydrogen-bond acceptors (Lipinski definition) is 4. The third-order valence-electron chi connectivity index (χ3n) is 4.29. The second kappa shape index (κ2) is 6.30. The highest BCUT2D eigenvalue weighted by atomic mass is 35.5. The second-order valence-corrected chi connectivity index (χ2v) is 6.68. The lowest BCUT2D eigenvalue weighted by atomic mass is 9.78. The molecule has 0 bridgehead atoms. The fraction of sp³-hybridized carbons (Fsp3) is 0.412. The van der Waals surface area contributed by atoms with E-state index in [0.29, 0.717) is 24.2 Å². The highest BCUT2D eigenvalue weighted by Crippen LogP contribution is 2.56. The first-order valence-corrected chi connectivity index (χ1v) is 8.44. The number of aliphatic carboxylic acids is 1. The van der Waals surface area contributed by atoms with Crippen molar-refractivity contribution in [3.8, 4) is 11.5 Å². The molecule has 0 saturated heterocycles. The maximum Gasteiger partial charge on any atom is 0.341 e. The van der Waals surface area contributed by atoms with Crippen LogP contribution in [0.1, 0.15) is 38.2 Å². The van der Waals surface area contributed by atoms with Gasteiger partial charge < -0.3 is 14.6 Å². The monoisotopic (exact) mass is 370 g/mol. The van der Waals surface area contributed by atoms with E-state index in [2.05, 4.69) is 0 Å². The molecule has 1 aliphatic heterocycles. The minimum atomic E-state index is -1.12. The zero-order chi connectivity index (χ0) is 17.5. The molecule has 0 radical (unpaired) electrons. The molecule has 128 valence electrons. The van der Waals surface area contributed by atoms with Crippen LogP contribution in [0.5, 0.6) is 11.5 Å². The quantitative estimate of drug-likeness (QED) is 0.843. The van der Waals surface area contributed by atoms with Gasteiger partial charge in [-0.05, 0) is 18.9 Å². The Morgan fingerprint density at radius 1 is 1.42 bits per heavy atom. The van der Waals surface area contributed by atoms with Crippen LogP contribution in [0.3, 0.4) is 0 Å². The van der Waals surface area contributed by atoms with Gasteiger partial charge in [-0.2, -0.15) is 0 Å². The molecular weight excluding hydrogens is 355 g/mol. The Bertz CT molecular complexity index is 756. The molecule has 0 unspecified atom stereocenters. The number of hydrogen-bond donors (Lipinski definition) is 1. The average molecular weight is 371 g/mol. The van der Waals surface area contributed by atoms with Crippen molar-refractivity contribution in [1.82, 2.24) is 0 Å². The standard InChI is InChI=1S/C17H16Cl2O5/c1-2-4-17-5-3-9(20)6-10(17)14-11(24-17)7-12(15(18)16(14)19)23-8-13(21)22/h6-7H,2-5,8H2,1H3,(H,21,22)/t17-/m1/s1. The average Bonchev–Trinajstić information content (AvgIpc) is 2.83. The molecule has 1 aromatic carbocycles. The number of carbonyl (C=O) groups is 2. The van der Waals surface area contributed by atoms with Gasteiger partial charge in [0.2, 0.25) is 0 Å². The van der Waals surface area contributed by atoms with Gasteiger partial charge in [-0.1, -0.05) is 36.5 Å². The number of ketones is 1. The van der Waals surface area contributed by atoms with Crippen molar-refractivity contribution in [2.75, 3.05) is 6.61 Å². The summed E-state index contributed by atoms with van der Waals surface area (Å²) in [7, 11) is 0. The number of carboxylic acid groups (broad SMARTS) is 1. The van der Waals surface area contributed by atoms with Crippen molar-refractivity contribution in [3.63, 3.8) is 0 Å². The number of halogens is 2. The molecule has 1 aromatic rings. The van der Waals surface area contributed by atoms with Crippen LogP contribution in [-0.4, -0.2) is 29.1 Å². The molecule has 7 heteroatoms. The number of rotatable bonds is 5. The molecule has 1 aliphatic carbocycles. The fourth-order valence-corrected chi connectivity index (χ4v) is 3.80. The van der Waals surface area contributed by atoms with Crippen LogP contribution < -0.4 is 9.47 Å². The summed E-state index contributed by atoms with van der Waals surface area (Å²) in [5, 5.41) is 9.09. The summed E-state index contributed by atoms with van der Waals surface area (Å²) in [5.74, 6) is -0.459. The molecule has 1 atom stereocenters. The van der Waals surface area contributed by atoms with E-state index < -0.39 is 18.2 Å². The first kappa shape index (κ1) is 17.1. The SMILES string of the molecule is CCC[C@@]12CCC(=O)C=C1c1c(cc(OCC(=O)O)c(Cl)c1Cl)O2. The molecule has 0 fully saturated rings. The van der Waals surface area contributed by atoms with E-state index in [1.165, 1.54) is 0 Å². The van der Waals surface area contributed by atoms with Gasteiger partial charge in [-0.3, -0.25) is 4.79 Å². The van der Waals surface area contributed by atoms with Crippen molar-refractivity contribution in [2.45, 2.75) is 38.2 Å². The van der Waals surface area contributed by atoms with Gasteiger partial charge in [0.05, 0.1) is 5.02 Å². The fourth-order valence-electron chi connectivity index (χ4n) is 3.31. The predicted molar refractivity (Wildman–Crippen MR) is 90.1 cm³/mol. The molecule has 0 amide bonds. The predicted octanol–water partition coefficient (Wildman–Crippen LogP) is 4.13. The van der Waals surface area contributed by atoms with Gasteiger partial charge in [0.25, 0.3) is 0 Å². The summed E-state index contributed by atoms with van der Waals surface area (Å²) in [5.41, 5.74) is 0.779. The summed E-state index contributed by atoms with van der Waals surface area (Å²) < 4.78 is 11.4. The van der Waals surface area contributed by atoms with Crippen LogP contribution in [0.4, 0.5) is 0 Å². The van der Waals surface area contributed by atoms with Crippen molar-refractivity contribution in [3.05, 3.63) is 27.8 Å². The maximum atomic E-state index is 11.9. The molecule has 3 rings (SSSR count). The van der Waals surface area contributed by atoms with Gasteiger partial charge in [0, 0.05) is 23.6 Å². The zero-order valence-electron chi connectivity index (χ0n) is 13.0. The number of carbonyl (C=O) groups excluding carboxylic acids is 1. The Balaban J connectivity index is 2.09. The van der Waals surface area contributed by atoms with Crippen molar-refractivity contribution in [2.24, 2.45) is 0 Å². The molecule has 1 heterocycles. The van der Waals surface area contributed by atoms with Crippen LogP contribution in [0.25, 0.3) is 5.57 Å². The molecule has 0 aromatic heterocycles. The Morgan fingerprint density at radius 2 is 2.17 bits per heavy atom. The minimum Gasteiger partial charge on any atom is -0.482 e. The molecule has 0 saturated carbocycles. The van der Waals surface area contributed by atoms with Gasteiger partial charge in [-0.15, -0.1) is 0 Å². The van der Waals surface area contributed by atoms with E-state index in [-0.39, 0.29) is 21.6 Å². The van der Waals surface area contributed by atoms with Crippen molar-refractivity contribution < 1.29 is 24.2 Å². The van der Waals surface area contributed by atoms with Crippen LogP contribution >= 0.6 is 23.2 Å². The number of carboxylic acids is 1. The number of benzene rings is 1. The lowest BCUT2D eigenvalue weighted by Crippen LogP contribution is -2.36. The number of allylic oxidation sites excluding steroid dienone is 1. The third-order valence-corrected chi connectivity index (χ3v) is 5.14. The van der Waals surface area contributed by atoms with E-state index in [9.17, 15) is 9.59 Å². The van der Waals surface area contributed by atoms with E-state index >= 15 is 0 Å². The number of ether oxygens (including phenoxy) is 2. The maximum absolute atomic E-state index is 11.9. The van der Waals surface area contributed by atoms with Gasteiger partial charge >= 0.3 is 5.97 Å². The Morgan fingerprint density at radius 3 is 2.83 bits per heavy atom. The van der Waals surface area contributed by atoms with Gasteiger partial charge in [0.1, 0.15) is 22.1 Å². The van der Waals surface area contributed by atoms with Crippen molar-refractivity contribution in [1.29, 1.82) is 0 Å². The van der Waals surface area contributed by atoms with E-state index in [4.69, 9.17) is 37.8 Å². The van der Waals surface area contributed by atoms with Gasteiger partial charge in [-0.25, -0.2) is 4.79 Å². The Kier molecular flexibility index (Phi) is 4.49. The molecular formula is C17H16Cl2O5. The largest absolute Gasteiger partial charge is 0.482 e. The molecule has 24 heavy (non-hydrogen) atoms. The highest BCUT2D eigenvalue weighted by Gasteiger charge is 2.47. The smallest absolute Gasteiger partial charge is 0.341 e. The minimum absolute atomic E-state index is 0.0339. The van der Waals surface area contributed by atoms with Crippen molar-refractivity contribution >= 4 is 40.5 Å². The first-order chi connectivity index (χ1) is 11.4. The van der Waals surface area contributed by atoms with E-state index in [1.54, 1.807) is 12.1 Å². The van der Waals surface area contributed by atoms with Gasteiger partial charge in [0.15, 0.2) is 12.4 Å². The van der Waals surface area contributed by atoms with Crippen LogP contribution in [-0.2, 0) is 9.59 Å². The Hall–Kier alpha value is -1.72. The summed E-state index contributed by atoms with van der Waals surface area (Å²) in [6.45, 7) is 1.52. The summed E-state index contributed by atoms with van der Waals surface area (Å²) >= 11 is 12.6. The normalized spacial score (nSPS) is 21.6. The lowest BCUT2D eigenvalue weighted by molar-refractivity contribution is -0.139. The van der Waals surface area contributed by atoms with E-state index in [0.717, 1.165) is 18.4 Å². The molecule has 5 nitrogen and oxygen atoms in total. The second-order valence-electron chi connectivity index (χ2n) is 5.93. The number of fused-ring (bicyclic) bond motifs is 3. The third kappa shape index (κ3) is 2.76. The summed E-state index contributed by atoms with van der Waals surface area (Å²) in [6.07, 6.45) is 4.23. The molecule has 0 spiro atoms. The van der Waals surface area contributed by atoms with Crippen LogP contribution in [0.15, 0.2) is 12.1 Å². The lowest BCUT2D eigenvalue weighted by Gasteiger charge is -2.32. The molecule has 2 aliphatic rings. The van der Waals surface area contributed by atoms with Crippen LogP contribution in [0.2, 0.25) is 10.0 Å². The topological polar surface area (TPSA) is 72.8 Å². The summed E-state index contributed by atoms with van der Waals surface area (Å²) in [4.78, 5) is 22.6. The zero-order valence-corrected chi connectivity index (χ0v) is 14.5. The van der Waals surface area contributed by atoms with Crippen LogP contribution in [0, 0.1) is 0 Å². The first-order valence-electron chi connectivity index (χ1n) is 7.69. The molecule has 1 N–H and O–H groups in total. The Labute approximate surface area is 149 Å². The summed E-state index contributed by atoms with van der Waals surface area (Å²) in [6, 6.07) is 1.55. The van der Waals surface area contributed by atoms with E-state index in [1.807, 2.05) is 6.92 Å².